The van der Waals surface area contributed by atoms with Gasteiger partial charge in [0.25, 0.3) is 0 Å². The summed E-state index contributed by atoms with van der Waals surface area (Å²) >= 11 is 0. The van der Waals surface area contributed by atoms with Crippen molar-refractivity contribution in [1.29, 1.82) is 0 Å². The van der Waals surface area contributed by atoms with Gasteiger partial charge in [-0.1, -0.05) is 11.6 Å². The van der Waals surface area contributed by atoms with E-state index >= 15 is 0 Å². The molecule has 2 aliphatic heterocycles. The molecule has 17 nitrogen and oxygen atoms in total. The molecule has 17 heteroatoms. The predicted octanol–water partition coefficient (Wildman–Crippen LogP) is 0.00470. The van der Waals surface area contributed by atoms with Crippen molar-refractivity contribution >= 4 is 16.8 Å². The lowest BCUT2D eigenvalue weighted by atomic mass is 9.97. The number of carbonyl (C=O) groups is 1. The van der Waals surface area contributed by atoms with Crippen LogP contribution in [-0.2, 0) is 30.2 Å². The smallest absolute Gasteiger partial charge is 0.239 e. The Balaban J connectivity index is 1.36. The normalized spacial score (nSPS) is 28.8. The summed E-state index contributed by atoms with van der Waals surface area (Å²) in [6, 6.07) is 7.41. The van der Waals surface area contributed by atoms with Crippen molar-refractivity contribution in [3.8, 4) is 34.3 Å². The molecule has 53 heavy (non-hydrogen) atoms. The molecule has 0 unspecified atom stereocenters. The lowest BCUT2D eigenvalue weighted by Gasteiger charge is -2.45. The molecule has 0 amide bonds. The fourth-order valence-electron chi connectivity index (χ4n) is 6.04. The van der Waals surface area contributed by atoms with E-state index in [-0.39, 0.29) is 34.5 Å². The van der Waals surface area contributed by atoms with Crippen LogP contribution >= 0.6 is 0 Å². The highest BCUT2D eigenvalue weighted by molar-refractivity contribution is 5.91. The summed E-state index contributed by atoms with van der Waals surface area (Å²) in [7, 11) is 1.48. The summed E-state index contributed by atoms with van der Waals surface area (Å²) in [6.45, 7) is 2.98. The zero-order valence-electron chi connectivity index (χ0n) is 29.3. The highest BCUT2D eigenvalue weighted by Crippen LogP contribution is 2.39. The molecule has 3 aromatic rings. The third-order valence-corrected chi connectivity index (χ3v) is 8.98. The van der Waals surface area contributed by atoms with E-state index in [1.165, 1.54) is 14.0 Å². The highest BCUT2D eigenvalue weighted by Gasteiger charge is 2.50. The predicted molar refractivity (Wildman–Crippen MR) is 182 cm³/mol. The largest absolute Gasteiger partial charge is 0.507 e. The quantitative estimate of drug-likeness (QED) is 0.107. The molecule has 10 atom stereocenters. The number of ketones is 1. The topological polar surface area (TPSA) is 264 Å². The van der Waals surface area contributed by atoms with E-state index < -0.39 is 104 Å². The van der Waals surface area contributed by atoms with Crippen LogP contribution in [0.4, 0.5) is 0 Å². The van der Waals surface area contributed by atoms with Crippen molar-refractivity contribution in [3.05, 3.63) is 57.8 Å². The van der Waals surface area contributed by atoms with Gasteiger partial charge in [0.1, 0.15) is 84.2 Å². The van der Waals surface area contributed by atoms with Crippen molar-refractivity contribution in [2.24, 2.45) is 0 Å². The molecule has 8 N–H and O–H groups in total. The maximum absolute atomic E-state index is 13.9. The maximum atomic E-state index is 13.9. The van der Waals surface area contributed by atoms with E-state index in [1.807, 2.05) is 13.8 Å². The minimum atomic E-state index is -1.84. The molecule has 1 aromatic heterocycles. The Hall–Kier alpha value is -4.14. The van der Waals surface area contributed by atoms with Gasteiger partial charge in [-0.15, -0.1) is 0 Å². The molecule has 5 rings (SSSR count). The van der Waals surface area contributed by atoms with Gasteiger partial charge in [0.2, 0.25) is 11.2 Å². The Kier molecular flexibility index (Phi) is 12.8. The lowest BCUT2D eigenvalue weighted by Crippen LogP contribution is -2.64. The van der Waals surface area contributed by atoms with Gasteiger partial charge in [0, 0.05) is 17.2 Å². The molecular weight excluding hydrogens is 704 g/mol. The average Bonchev–Trinajstić information content (AvgIpc) is 3.12. The Morgan fingerprint density at radius 3 is 2.25 bits per heavy atom. The van der Waals surface area contributed by atoms with Crippen molar-refractivity contribution in [3.63, 3.8) is 0 Å². The van der Waals surface area contributed by atoms with Crippen LogP contribution in [0.15, 0.2) is 51.2 Å². The van der Waals surface area contributed by atoms with Gasteiger partial charge >= 0.3 is 0 Å². The number of rotatable bonds is 13. The first-order valence-corrected chi connectivity index (χ1v) is 16.7. The Labute approximate surface area is 302 Å². The van der Waals surface area contributed by atoms with Crippen LogP contribution in [0.2, 0.25) is 0 Å². The summed E-state index contributed by atoms with van der Waals surface area (Å²) in [4.78, 5) is 27.1. The number of allylic oxidation sites excluding steroid dienone is 2. The lowest BCUT2D eigenvalue weighted by molar-refractivity contribution is -0.361. The van der Waals surface area contributed by atoms with Crippen LogP contribution in [0.3, 0.4) is 0 Å². The van der Waals surface area contributed by atoms with Crippen LogP contribution in [0.5, 0.6) is 23.0 Å². The second-order valence-corrected chi connectivity index (χ2v) is 13.0. The van der Waals surface area contributed by atoms with E-state index in [4.69, 9.17) is 32.8 Å². The first-order valence-electron chi connectivity index (χ1n) is 16.7. The van der Waals surface area contributed by atoms with Crippen molar-refractivity contribution < 1.29 is 78.5 Å². The monoisotopic (exact) mass is 748 g/mol. The average molecular weight is 749 g/mol. The maximum Gasteiger partial charge on any atom is 0.239 e. The molecule has 0 spiro atoms. The number of methoxy groups -OCH3 is 1. The minimum absolute atomic E-state index is 0.0826. The number of Topliss-reactive ketones (excluding diaryl/α,β-unsaturated/α-hetero) is 1. The summed E-state index contributed by atoms with van der Waals surface area (Å²) < 4.78 is 39.0. The number of hydrogen-bond acceptors (Lipinski definition) is 17. The Bertz CT molecular complexity index is 1830. The van der Waals surface area contributed by atoms with Gasteiger partial charge in [-0.3, -0.25) is 9.59 Å². The molecule has 0 bridgehead atoms. The van der Waals surface area contributed by atoms with Crippen LogP contribution in [0, 0.1) is 0 Å². The van der Waals surface area contributed by atoms with Crippen molar-refractivity contribution in [1.82, 2.24) is 0 Å². The zero-order valence-corrected chi connectivity index (χ0v) is 29.3. The van der Waals surface area contributed by atoms with E-state index in [0.717, 1.165) is 11.6 Å². The van der Waals surface area contributed by atoms with Crippen molar-refractivity contribution in [2.45, 2.75) is 88.6 Å². The Morgan fingerprint density at radius 2 is 1.60 bits per heavy atom. The molecular formula is C36H44O17. The van der Waals surface area contributed by atoms with Gasteiger partial charge < -0.3 is 73.7 Å². The first kappa shape index (κ1) is 40.1. The summed E-state index contributed by atoms with van der Waals surface area (Å²) in [5, 5.41) is 82.7. The van der Waals surface area contributed by atoms with Crippen LogP contribution in [0.25, 0.3) is 22.3 Å². The number of benzene rings is 2. The molecule has 0 aliphatic carbocycles. The van der Waals surface area contributed by atoms with E-state index in [1.54, 1.807) is 30.3 Å². The summed E-state index contributed by atoms with van der Waals surface area (Å²) in [5.74, 6) is -1.61. The number of aliphatic hydroxyl groups excluding tert-OH is 6. The van der Waals surface area contributed by atoms with Crippen LogP contribution in [0.1, 0.15) is 26.3 Å². The number of hydrogen-bond donors (Lipinski definition) is 8. The second kappa shape index (κ2) is 16.9. The molecule has 3 heterocycles. The number of ether oxygens (including phenoxy) is 6. The summed E-state index contributed by atoms with van der Waals surface area (Å²) in [6.07, 6.45) is -13.8. The number of carbonyl (C=O) groups excluding carboxylic acids is 1. The van der Waals surface area contributed by atoms with Gasteiger partial charge in [-0.2, -0.15) is 0 Å². The standard InChI is InChI=1S/C36H44O17/c1-15(2)5-10-20-21(39)11-22(40)24-26(42)33(31(52-32(20)24)17-6-8-19(47-4)9-7-17)49-14-18(38)13-48-30-16(3)50-35(46)34(29(30)45)53-36-28(44)27(43)25(41)23(12-37)51-36/h5-9,11,16,23,25,27-30,34-37,39-41,43-46H,10,12-14H2,1-4H3/t16-,23+,25+,27-,28+,29-,30+,34-,35-,36-/m0/s1. The number of aromatic hydroxyl groups is 2. The molecule has 0 radical (unpaired) electrons. The van der Waals surface area contributed by atoms with E-state index in [0.29, 0.717) is 11.3 Å². The van der Waals surface area contributed by atoms with E-state index in [9.17, 15) is 50.4 Å². The molecule has 2 fully saturated rings. The van der Waals surface area contributed by atoms with Gasteiger partial charge in [0.05, 0.1) is 19.8 Å². The van der Waals surface area contributed by atoms with Gasteiger partial charge in [-0.25, -0.2) is 0 Å². The number of phenols is 2. The minimum Gasteiger partial charge on any atom is -0.507 e. The van der Waals surface area contributed by atoms with Crippen LogP contribution in [-0.4, -0.2) is 135 Å². The van der Waals surface area contributed by atoms with Gasteiger partial charge in [-0.05, 0) is 51.5 Å². The third-order valence-electron chi connectivity index (χ3n) is 8.98. The number of aliphatic hydroxyl groups is 6. The molecule has 2 aromatic carbocycles. The molecule has 0 saturated carbocycles. The Morgan fingerprint density at radius 1 is 0.906 bits per heavy atom. The zero-order chi connectivity index (χ0) is 38.7. The van der Waals surface area contributed by atoms with Crippen molar-refractivity contribution in [2.75, 3.05) is 26.9 Å². The fraction of sp³-hybridized carbons (Fsp3) is 0.500. The molecule has 2 aliphatic rings. The second-order valence-electron chi connectivity index (χ2n) is 13.0. The van der Waals surface area contributed by atoms with E-state index in [2.05, 4.69) is 0 Å². The highest BCUT2D eigenvalue weighted by atomic mass is 16.7. The molecule has 2 saturated heterocycles. The van der Waals surface area contributed by atoms with Gasteiger partial charge in [0.15, 0.2) is 24.1 Å². The number of phenolic OH excluding ortho intramolecular Hbond substituents is 2. The SMILES string of the molecule is COc1ccc(-c2oc3c(CC=C(C)C)c(O)cc(O)c3c(=O)c2OCC(=O)CO[C@H]2[C@H](O)[C@H](O[C@@H]3O[C@H](CO)[C@@H](O)[C@H](O)[C@H]3O)[C@@H](O)O[C@H]2C)cc1. The summed E-state index contributed by atoms with van der Waals surface area (Å²) in [5.41, 5.74) is 0.608. The van der Waals surface area contributed by atoms with Crippen LogP contribution < -0.4 is 14.9 Å². The molecule has 290 valence electrons. The third kappa shape index (κ3) is 8.49. The number of fused-ring (bicyclic) bond motifs is 1. The first-order chi connectivity index (χ1) is 25.2. The fourth-order valence-corrected chi connectivity index (χ4v) is 6.04.